The molecule has 0 radical (unpaired) electrons. The number of carbonyl (C=O) groups excluding carboxylic acids is 2. The van der Waals surface area contributed by atoms with Crippen LogP contribution in [0.3, 0.4) is 0 Å². The van der Waals surface area contributed by atoms with Crippen LogP contribution in [0.2, 0.25) is 0 Å². The molecule has 4 rings (SSSR count). The Morgan fingerprint density at radius 1 is 1.03 bits per heavy atom. The molecule has 1 aromatic heterocycles. The van der Waals surface area contributed by atoms with Crippen molar-refractivity contribution in [3.05, 3.63) is 78.3 Å². The summed E-state index contributed by atoms with van der Waals surface area (Å²) in [4.78, 5) is 26.8. The molecular formula is C24H20N2O4. The van der Waals surface area contributed by atoms with Gasteiger partial charge in [-0.15, -0.1) is 0 Å². The first-order valence-electron chi connectivity index (χ1n) is 9.78. The largest absolute Gasteiger partial charge is 0.472 e. The minimum Gasteiger partial charge on any atom is -0.472 e. The molecule has 1 amide bonds. The molecule has 0 aliphatic carbocycles. The van der Waals surface area contributed by atoms with E-state index in [0.717, 1.165) is 17.5 Å². The Morgan fingerprint density at radius 2 is 1.73 bits per heavy atom. The van der Waals surface area contributed by atoms with Gasteiger partial charge in [-0.1, -0.05) is 24.3 Å². The van der Waals surface area contributed by atoms with Gasteiger partial charge in [0.25, 0.3) is 5.91 Å². The van der Waals surface area contributed by atoms with Crippen molar-refractivity contribution < 1.29 is 18.7 Å². The molecule has 1 aliphatic heterocycles. The molecule has 2 aromatic carbocycles. The summed E-state index contributed by atoms with van der Waals surface area (Å²) in [6.07, 6.45) is 4.32. The fourth-order valence-electron chi connectivity index (χ4n) is 3.57. The number of piperidine rings is 1. The predicted molar refractivity (Wildman–Crippen MR) is 110 cm³/mol. The van der Waals surface area contributed by atoms with E-state index < -0.39 is 0 Å². The van der Waals surface area contributed by atoms with Gasteiger partial charge < -0.3 is 14.1 Å². The van der Waals surface area contributed by atoms with E-state index in [1.165, 1.54) is 12.5 Å². The topological polar surface area (TPSA) is 83.5 Å². The quantitative estimate of drug-likeness (QED) is 0.482. The Balaban J connectivity index is 1.38. The lowest BCUT2D eigenvalue weighted by atomic mass is 9.97. The summed E-state index contributed by atoms with van der Waals surface area (Å²) in [5.41, 5.74) is 3.04. The molecule has 1 unspecified atom stereocenters. The van der Waals surface area contributed by atoms with Crippen LogP contribution in [-0.4, -0.2) is 29.9 Å². The number of ether oxygens (including phenoxy) is 1. The highest BCUT2D eigenvalue weighted by Gasteiger charge is 2.30. The zero-order valence-corrected chi connectivity index (χ0v) is 16.3. The number of nitrogens with zero attached hydrogens (tertiary/aromatic N) is 2. The van der Waals surface area contributed by atoms with Crippen LogP contribution in [0.25, 0.3) is 11.1 Å². The molecule has 3 aromatic rings. The molecule has 6 heteroatoms. The smallest absolute Gasteiger partial charge is 0.316 e. The molecule has 2 heterocycles. The summed E-state index contributed by atoms with van der Waals surface area (Å²) in [7, 11) is 0. The lowest BCUT2D eigenvalue weighted by Crippen LogP contribution is -2.43. The van der Waals surface area contributed by atoms with Crippen LogP contribution < -0.4 is 4.74 Å². The van der Waals surface area contributed by atoms with Crippen molar-refractivity contribution in [1.82, 2.24) is 4.90 Å². The van der Waals surface area contributed by atoms with E-state index in [-0.39, 0.29) is 17.8 Å². The van der Waals surface area contributed by atoms with Gasteiger partial charge in [-0.2, -0.15) is 5.26 Å². The number of carbonyl (C=O) groups is 2. The van der Waals surface area contributed by atoms with E-state index >= 15 is 0 Å². The number of likely N-dealkylation sites (tertiary alicyclic amines) is 1. The van der Waals surface area contributed by atoms with Crippen LogP contribution in [0.5, 0.6) is 5.75 Å². The summed E-state index contributed by atoms with van der Waals surface area (Å²) in [5, 5.41) is 8.90. The third kappa shape index (κ3) is 4.26. The third-order valence-electron chi connectivity index (χ3n) is 5.23. The van der Waals surface area contributed by atoms with Crippen molar-refractivity contribution >= 4 is 11.9 Å². The van der Waals surface area contributed by atoms with Gasteiger partial charge in [0.2, 0.25) is 0 Å². The first-order valence-corrected chi connectivity index (χ1v) is 9.78. The van der Waals surface area contributed by atoms with Gasteiger partial charge in [-0.25, -0.2) is 0 Å². The molecule has 1 fully saturated rings. The highest BCUT2D eigenvalue weighted by molar-refractivity contribution is 5.94. The zero-order chi connectivity index (χ0) is 20.9. The number of amides is 1. The molecule has 0 saturated carbocycles. The fourth-order valence-corrected chi connectivity index (χ4v) is 3.57. The zero-order valence-electron chi connectivity index (χ0n) is 16.3. The van der Waals surface area contributed by atoms with Crippen molar-refractivity contribution in [2.75, 3.05) is 13.1 Å². The molecule has 0 bridgehead atoms. The van der Waals surface area contributed by atoms with Crippen LogP contribution in [-0.2, 0) is 4.79 Å². The summed E-state index contributed by atoms with van der Waals surface area (Å²) < 4.78 is 10.5. The standard InChI is InChI=1S/C24H20N2O4/c25-14-17-3-5-18(6-4-17)19-7-9-22(10-8-19)30-24(28)20-2-1-12-26(15-20)23(27)21-11-13-29-16-21/h3-11,13,16,20H,1-2,12,15H2. The lowest BCUT2D eigenvalue weighted by molar-refractivity contribution is -0.140. The third-order valence-corrected chi connectivity index (χ3v) is 5.23. The average Bonchev–Trinajstić information content (AvgIpc) is 3.34. The number of benzene rings is 2. The molecular weight excluding hydrogens is 380 g/mol. The number of hydrogen-bond donors (Lipinski definition) is 0. The Hall–Kier alpha value is -3.85. The maximum Gasteiger partial charge on any atom is 0.316 e. The molecule has 6 nitrogen and oxygen atoms in total. The number of hydrogen-bond acceptors (Lipinski definition) is 5. The molecule has 1 aliphatic rings. The number of rotatable bonds is 4. The molecule has 0 spiro atoms. The monoisotopic (exact) mass is 400 g/mol. The van der Waals surface area contributed by atoms with E-state index in [1.807, 2.05) is 24.3 Å². The second kappa shape index (κ2) is 8.66. The highest BCUT2D eigenvalue weighted by Crippen LogP contribution is 2.25. The second-order valence-electron chi connectivity index (χ2n) is 7.24. The minimum absolute atomic E-state index is 0.131. The number of esters is 1. The Labute approximate surface area is 174 Å². The second-order valence-corrected chi connectivity index (χ2v) is 7.24. The lowest BCUT2D eigenvalue weighted by Gasteiger charge is -2.31. The number of furan rings is 1. The fraction of sp³-hybridized carbons (Fsp3) is 0.208. The van der Waals surface area contributed by atoms with E-state index in [1.54, 1.807) is 35.2 Å². The predicted octanol–water partition coefficient (Wildman–Crippen LogP) is 4.28. The van der Waals surface area contributed by atoms with Crippen LogP contribution in [0.15, 0.2) is 71.5 Å². The molecule has 150 valence electrons. The summed E-state index contributed by atoms with van der Waals surface area (Å²) in [6.45, 7) is 0.958. The molecule has 30 heavy (non-hydrogen) atoms. The van der Waals surface area contributed by atoms with E-state index in [2.05, 4.69) is 6.07 Å². The van der Waals surface area contributed by atoms with Crippen molar-refractivity contribution in [3.63, 3.8) is 0 Å². The van der Waals surface area contributed by atoms with Gasteiger partial charge in [0.1, 0.15) is 12.0 Å². The van der Waals surface area contributed by atoms with E-state index in [4.69, 9.17) is 14.4 Å². The van der Waals surface area contributed by atoms with Crippen molar-refractivity contribution in [2.45, 2.75) is 12.8 Å². The van der Waals surface area contributed by atoms with E-state index in [9.17, 15) is 9.59 Å². The van der Waals surface area contributed by atoms with Gasteiger partial charge in [-0.3, -0.25) is 9.59 Å². The SMILES string of the molecule is N#Cc1ccc(-c2ccc(OC(=O)C3CCCN(C(=O)c4ccoc4)C3)cc2)cc1. The van der Waals surface area contributed by atoms with E-state index in [0.29, 0.717) is 36.4 Å². The average molecular weight is 400 g/mol. The minimum atomic E-state index is -0.354. The molecule has 1 atom stereocenters. The molecule has 1 saturated heterocycles. The van der Waals surface area contributed by atoms with Crippen LogP contribution >= 0.6 is 0 Å². The normalized spacial score (nSPS) is 16.0. The van der Waals surface area contributed by atoms with Crippen LogP contribution in [0.1, 0.15) is 28.8 Å². The Bertz CT molecular complexity index is 1060. The van der Waals surface area contributed by atoms with Crippen molar-refractivity contribution in [3.8, 4) is 22.9 Å². The van der Waals surface area contributed by atoms with Crippen molar-refractivity contribution in [1.29, 1.82) is 5.26 Å². The van der Waals surface area contributed by atoms with Gasteiger partial charge in [-0.05, 0) is 54.3 Å². The van der Waals surface area contributed by atoms with Gasteiger partial charge in [0.15, 0.2) is 0 Å². The first-order chi connectivity index (χ1) is 14.6. The number of nitriles is 1. The first kappa shape index (κ1) is 19.5. The maximum absolute atomic E-state index is 12.6. The Morgan fingerprint density at radius 3 is 2.37 bits per heavy atom. The van der Waals surface area contributed by atoms with Crippen molar-refractivity contribution in [2.24, 2.45) is 5.92 Å². The summed E-state index contributed by atoms with van der Waals surface area (Å²) >= 11 is 0. The summed E-state index contributed by atoms with van der Waals surface area (Å²) in [6, 6.07) is 18.3. The summed E-state index contributed by atoms with van der Waals surface area (Å²) in [5.74, 6) is -0.345. The molecule has 0 N–H and O–H groups in total. The van der Waals surface area contributed by atoms with Gasteiger partial charge >= 0.3 is 5.97 Å². The highest BCUT2D eigenvalue weighted by atomic mass is 16.5. The van der Waals surface area contributed by atoms with Gasteiger partial charge in [0, 0.05) is 13.1 Å². The van der Waals surface area contributed by atoms with Crippen LogP contribution in [0, 0.1) is 17.2 Å². The maximum atomic E-state index is 12.6. The Kier molecular flexibility index (Phi) is 5.62. The van der Waals surface area contributed by atoms with Crippen LogP contribution in [0.4, 0.5) is 0 Å². The van der Waals surface area contributed by atoms with Gasteiger partial charge in [0.05, 0.1) is 29.4 Å².